The topological polar surface area (TPSA) is 56.8 Å². The molecular formula is C21H26BrNO4. The molecule has 0 saturated heterocycles. The van der Waals surface area contributed by atoms with Crippen LogP contribution in [0.4, 0.5) is 0 Å². The van der Waals surface area contributed by atoms with Gasteiger partial charge >= 0.3 is 0 Å². The van der Waals surface area contributed by atoms with Gasteiger partial charge < -0.3 is 19.5 Å². The van der Waals surface area contributed by atoms with E-state index in [1.807, 2.05) is 12.1 Å². The number of ether oxygens (including phenoxy) is 3. The number of methoxy groups -OCH3 is 3. The minimum Gasteiger partial charge on any atom is -0.493 e. The molecular weight excluding hydrogens is 410 g/mol. The second-order valence-corrected chi connectivity index (χ2v) is 7.98. The molecule has 2 aromatic rings. The number of hydrogen-bond acceptors (Lipinski definition) is 4. The fraction of sp³-hybridized carbons (Fsp3) is 0.381. The van der Waals surface area contributed by atoms with Crippen molar-refractivity contribution in [1.82, 2.24) is 5.32 Å². The van der Waals surface area contributed by atoms with Crippen molar-refractivity contribution in [3.05, 3.63) is 52.0 Å². The molecule has 1 N–H and O–H groups in total. The van der Waals surface area contributed by atoms with Gasteiger partial charge in [-0.15, -0.1) is 0 Å². The Kier molecular flexibility index (Phi) is 7.13. The van der Waals surface area contributed by atoms with E-state index >= 15 is 0 Å². The summed E-state index contributed by atoms with van der Waals surface area (Å²) >= 11 is 3.45. The third-order valence-electron chi connectivity index (χ3n) is 4.25. The molecule has 0 fully saturated rings. The second kappa shape index (κ2) is 9.13. The highest BCUT2D eigenvalue weighted by molar-refractivity contribution is 9.10. The van der Waals surface area contributed by atoms with Crippen LogP contribution in [0.25, 0.3) is 0 Å². The van der Waals surface area contributed by atoms with Gasteiger partial charge in [-0.3, -0.25) is 4.79 Å². The lowest BCUT2D eigenvalue weighted by atomic mass is 9.85. The van der Waals surface area contributed by atoms with Crippen molar-refractivity contribution < 1.29 is 19.0 Å². The molecule has 5 nitrogen and oxygen atoms in total. The van der Waals surface area contributed by atoms with E-state index in [-0.39, 0.29) is 11.3 Å². The molecule has 0 radical (unpaired) electrons. The highest BCUT2D eigenvalue weighted by Gasteiger charge is 2.22. The largest absolute Gasteiger partial charge is 0.493 e. The van der Waals surface area contributed by atoms with Gasteiger partial charge in [0.25, 0.3) is 5.91 Å². The molecule has 0 unspecified atom stereocenters. The zero-order chi connectivity index (χ0) is 20.0. The summed E-state index contributed by atoms with van der Waals surface area (Å²) in [4.78, 5) is 12.7. The van der Waals surface area contributed by atoms with Crippen LogP contribution in [0.5, 0.6) is 17.2 Å². The Morgan fingerprint density at radius 2 is 1.56 bits per heavy atom. The molecule has 0 aromatic heterocycles. The van der Waals surface area contributed by atoms with E-state index in [9.17, 15) is 4.79 Å². The maximum absolute atomic E-state index is 12.7. The predicted octanol–water partition coefficient (Wildman–Crippen LogP) is 4.47. The van der Waals surface area contributed by atoms with Crippen LogP contribution in [-0.2, 0) is 6.42 Å². The first kappa shape index (κ1) is 21.1. The fourth-order valence-corrected chi connectivity index (χ4v) is 3.12. The lowest BCUT2D eigenvalue weighted by Crippen LogP contribution is -2.35. The lowest BCUT2D eigenvalue weighted by molar-refractivity contribution is 0.0935. The van der Waals surface area contributed by atoms with Crippen LogP contribution in [0.3, 0.4) is 0 Å². The number of hydrogen-bond donors (Lipinski definition) is 1. The average molecular weight is 436 g/mol. The minimum absolute atomic E-state index is 0.0931. The summed E-state index contributed by atoms with van der Waals surface area (Å²) in [5, 5.41) is 3.01. The number of carbonyl (C=O) groups is 1. The summed E-state index contributed by atoms with van der Waals surface area (Å²) in [6, 6.07) is 11.5. The molecule has 2 aromatic carbocycles. The van der Waals surface area contributed by atoms with Gasteiger partial charge in [0.05, 0.1) is 21.3 Å². The summed E-state index contributed by atoms with van der Waals surface area (Å²) in [5.74, 6) is 1.19. The van der Waals surface area contributed by atoms with Crippen LogP contribution in [0.15, 0.2) is 40.9 Å². The van der Waals surface area contributed by atoms with Crippen molar-refractivity contribution in [3.8, 4) is 17.2 Å². The third kappa shape index (κ3) is 5.63. The van der Waals surface area contributed by atoms with Gasteiger partial charge in [0.15, 0.2) is 11.5 Å². The fourth-order valence-electron chi connectivity index (χ4n) is 2.85. The maximum Gasteiger partial charge on any atom is 0.251 e. The van der Waals surface area contributed by atoms with Gasteiger partial charge in [0.1, 0.15) is 0 Å². The van der Waals surface area contributed by atoms with Crippen LogP contribution in [0.2, 0.25) is 0 Å². The molecule has 146 valence electrons. The van der Waals surface area contributed by atoms with Crippen LogP contribution < -0.4 is 19.5 Å². The van der Waals surface area contributed by atoms with Crippen molar-refractivity contribution in [2.75, 3.05) is 27.9 Å². The summed E-state index contributed by atoms with van der Waals surface area (Å²) in [7, 11) is 4.59. The van der Waals surface area contributed by atoms with Crippen LogP contribution >= 0.6 is 15.9 Å². The molecule has 1 amide bonds. The SMILES string of the molecule is COc1cc(C(=O)NCC(C)(C)Cc2ccc(Br)cc2)cc(OC)c1OC. The summed E-state index contributed by atoms with van der Waals surface area (Å²) in [5.41, 5.74) is 1.60. The normalized spacial score (nSPS) is 11.0. The third-order valence-corrected chi connectivity index (χ3v) is 4.78. The molecule has 0 atom stereocenters. The average Bonchev–Trinajstić information content (AvgIpc) is 2.66. The molecule has 0 aliphatic rings. The number of benzene rings is 2. The molecule has 0 heterocycles. The van der Waals surface area contributed by atoms with Gasteiger partial charge in [-0.1, -0.05) is 41.9 Å². The van der Waals surface area contributed by atoms with E-state index in [1.54, 1.807) is 12.1 Å². The second-order valence-electron chi connectivity index (χ2n) is 7.06. The number of rotatable bonds is 8. The van der Waals surface area contributed by atoms with E-state index in [2.05, 4.69) is 47.2 Å². The Balaban J connectivity index is 2.09. The molecule has 2 rings (SSSR count). The van der Waals surface area contributed by atoms with Crippen molar-refractivity contribution in [1.29, 1.82) is 0 Å². The Morgan fingerprint density at radius 3 is 2.04 bits per heavy atom. The van der Waals surface area contributed by atoms with Crippen LogP contribution in [0.1, 0.15) is 29.8 Å². The molecule has 0 bridgehead atoms. The van der Waals surface area contributed by atoms with Crippen molar-refractivity contribution in [2.45, 2.75) is 20.3 Å². The van der Waals surface area contributed by atoms with Gasteiger partial charge in [-0.2, -0.15) is 0 Å². The van der Waals surface area contributed by atoms with Gasteiger partial charge in [-0.25, -0.2) is 0 Å². The molecule has 27 heavy (non-hydrogen) atoms. The highest BCUT2D eigenvalue weighted by atomic mass is 79.9. The number of amides is 1. The Bertz CT molecular complexity index is 762. The zero-order valence-corrected chi connectivity index (χ0v) is 18.0. The Hall–Kier alpha value is -2.21. The first-order valence-corrected chi connectivity index (χ1v) is 9.41. The summed E-state index contributed by atoms with van der Waals surface area (Å²) in [6.45, 7) is 4.80. The van der Waals surface area contributed by atoms with E-state index in [0.717, 1.165) is 10.9 Å². The predicted molar refractivity (Wildman–Crippen MR) is 110 cm³/mol. The molecule has 6 heteroatoms. The minimum atomic E-state index is -0.182. The number of nitrogens with one attached hydrogen (secondary N) is 1. The first-order chi connectivity index (χ1) is 12.8. The smallest absolute Gasteiger partial charge is 0.251 e. The number of carbonyl (C=O) groups excluding carboxylic acids is 1. The first-order valence-electron chi connectivity index (χ1n) is 8.62. The summed E-state index contributed by atoms with van der Waals surface area (Å²) in [6.07, 6.45) is 0.857. The lowest BCUT2D eigenvalue weighted by Gasteiger charge is -2.25. The van der Waals surface area contributed by atoms with Gasteiger partial charge in [0.2, 0.25) is 5.75 Å². The molecule has 0 saturated carbocycles. The highest BCUT2D eigenvalue weighted by Crippen LogP contribution is 2.38. The molecule has 0 aliphatic heterocycles. The van der Waals surface area contributed by atoms with E-state index in [4.69, 9.17) is 14.2 Å². The quantitative estimate of drug-likeness (QED) is 0.664. The van der Waals surface area contributed by atoms with E-state index < -0.39 is 0 Å². The molecule has 0 spiro atoms. The zero-order valence-electron chi connectivity index (χ0n) is 16.4. The number of halogens is 1. The molecule has 0 aliphatic carbocycles. The van der Waals surface area contributed by atoms with Crippen LogP contribution in [0, 0.1) is 5.41 Å². The Morgan fingerprint density at radius 1 is 1.00 bits per heavy atom. The van der Waals surface area contributed by atoms with Crippen molar-refractivity contribution >= 4 is 21.8 Å². The van der Waals surface area contributed by atoms with E-state index in [0.29, 0.717) is 29.4 Å². The van der Waals surface area contributed by atoms with Crippen LogP contribution in [-0.4, -0.2) is 33.8 Å². The van der Waals surface area contributed by atoms with Gasteiger partial charge in [0, 0.05) is 16.6 Å². The monoisotopic (exact) mass is 435 g/mol. The van der Waals surface area contributed by atoms with E-state index in [1.165, 1.54) is 26.9 Å². The standard InChI is InChI=1S/C21H26BrNO4/c1-21(2,12-14-6-8-16(22)9-7-14)13-23-20(24)15-10-17(25-3)19(27-5)18(11-15)26-4/h6-11H,12-13H2,1-5H3,(H,23,24). The van der Waals surface area contributed by atoms with Crippen molar-refractivity contribution in [3.63, 3.8) is 0 Å². The maximum atomic E-state index is 12.7. The Labute approximate surface area is 169 Å². The summed E-state index contributed by atoms with van der Waals surface area (Å²) < 4.78 is 17.0. The van der Waals surface area contributed by atoms with Crippen molar-refractivity contribution in [2.24, 2.45) is 5.41 Å². The van der Waals surface area contributed by atoms with Gasteiger partial charge in [-0.05, 0) is 41.7 Å².